The Morgan fingerprint density at radius 2 is 2.13 bits per heavy atom. The van der Waals surface area contributed by atoms with Crippen LogP contribution in [0.25, 0.3) is 0 Å². The van der Waals surface area contributed by atoms with E-state index in [-0.39, 0.29) is 0 Å². The molecule has 0 saturated heterocycles. The summed E-state index contributed by atoms with van der Waals surface area (Å²) >= 11 is 11.9. The van der Waals surface area contributed by atoms with Gasteiger partial charge in [0.1, 0.15) is 0 Å². The van der Waals surface area contributed by atoms with Crippen molar-refractivity contribution in [1.29, 1.82) is 0 Å². The van der Waals surface area contributed by atoms with Gasteiger partial charge in [0.05, 0.1) is 22.3 Å². The fraction of sp³-hybridized carbons (Fsp3) is 0.300. The molecule has 3 nitrogen and oxygen atoms in total. The molecule has 1 aromatic rings. The molecule has 0 atom stereocenters. The summed E-state index contributed by atoms with van der Waals surface area (Å²) in [7, 11) is 0. The minimum Gasteiger partial charge on any atom is -0.450 e. The van der Waals surface area contributed by atoms with Crippen molar-refractivity contribution < 1.29 is 9.53 Å². The second-order valence-electron chi connectivity index (χ2n) is 2.90. The number of ether oxygens (including phenoxy) is 1. The molecular weight excluding hydrogens is 237 g/mol. The van der Waals surface area contributed by atoms with Gasteiger partial charge in [-0.3, -0.25) is 5.32 Å². The van der Waals surface area contributed by atoms with Crippen molar-refractivity contribution in [3.8, 4) is 0 Å². The van der Waals surface area contributed by atoms with Crippen LogP contribution in [0.5, 0.6) is 0 Å². The first-order valence-corrected chi connectivity index (χ1v) is 5.20. The van der Waals surface area contributed by atoms with E-state index < -0.39 is 6.09 Å². The molecule has 0 unspecified atom stereocenters. The average Bonchev–Trinajstić information content (AvgIpc) is 2.19. The van der Waals surface area contributed by atoms with Gasteiger partial charge in [0.25, 0.3) is 0 Å². The number of rotatable bonds is 2. The molecule has 0 saturated carbocycles. The SMILES string of the molecule is CCOC(=O)Nc1c(Cl)ccc(C)c1Cl. The van der Waals surface area contributed by atoms with Gasteiger partial charge in [0.15, 0.2) is 0 Å². The monoisotopic (exact) mass is 247 g/mol. The second-order valence-corrected chi connectivity index (χ2v) is 3.68. The van der Waals surface area contributed by atoms with Crippen molar-refractivity contribution in [2.45, 2.75) is 13.8 Å². The number of aryl methyl sites for hydroxylation is 1. The molecule has 1 aromatic carbocycles. The van der Waals surface area contributed by atoms with E-state index in [0.29, 0.717) is 22.3 Å². The minimum absolute atomic E-state index is 0.298. The fourth-order valence-electron chi connectivity index (χ4n) is 1.04. The van der Waals surface area contributed by atoms with Gasteiger partial charge < -0.3 is 4.74 Å². The molecule has 82 valence electrons. The van der Waals surface area contributed by atoms with Gasteiger partial charge in [-0.1, -0.05) is 29.3 Å². The molecule has 1 N–H and O–H groups in total. The first kappa shape index (κ1) is 12.1. The highest BCUT2D eigenvalue weighted by Gasteiger charge is 2.11. The lowest BCUT2D eigenvalue weighted by Gasteiger charge is -2.10. The van der Waals surface area contributed by atoms with E-state index >= 15 is 0 Å². The Kier molecular flexibility index (Phi) is 4.24. The third-order valence-corrected chi connectivity index (χ3v) is 2.59. The zero-order valence-corrected chi connectivity index (χ0v) is 9.95. The van der Waals surface area contributed by atoms with E-state index in [1.54, 1.807) is 19.1 Å². The van der Waals surface area contributed by atoms with Crippen LogP contribution in [0.3, 0.4) is 0 Å². The number of carbonyl (C=O) groups is 1. The number of hydrogen-bond donors (Lipinski definition) is 1. The van der Waals surface area contributed by atoms with Gasteiger partial charge in [-0.15, -0.1) is 0 Å². The number of anilines is 1. The van der Waals surface area contributed by atoms with E-state index in [1.807, 2.05) is 6.92 Å². The summed E-state index contributed by atoms with van der Waals surface area (Å²) in [5, 5.41) is 3.31. The number of halogens is 2. The molecule has 5 heteroatoms. The Labute approximate surface area is 98.3 Å². The molecule has 15 heavy (non-hydrogen) atoms. The van der Waals surface area contributed by atoms with Crippen LogP contribution in [0.15, 0.2) is 12.1 Å². The lowest BCUT2D eigenvalue weighted by Crippen LogP contribution is -2.14. The van der Waals surface area contributed by atoms with E-state index in [0.717, 1.165) is 5.56 Å². The largest absolute Gasteiger partial charge is 0.450 e. The van der Waals surface area contributed by atoms with Gasteiger partial charge in [0, 0.05) is 0 Å². The van der Waals surface area contributed by atoms with Crippen LogP contribution in [0.1, 0.15) is 12.5 Å². The second kappa shape index (κ2) is 5.24. The standard InChI is InChI=1S/C10H11Cl2NO2/c1-3-15-10(14)13-9-7(11)5-4-6(2)8(9)12/h4-5H,3H2,1-2H3,(H,13,14). The molecule has 0 radical (unpaired) electrons. The van der Waals surface area contributed by atoms with Crippen LogP contribution in [0.2, 0.25) is 10.0 Å². The summed E-state index contributed by atoms with van der Waals surface area (Å²) in [6.07, 6.45) is -0.563. The average molecular weight is 248 g/mol. The number of hydrogen-bond acceptors (Lipinski definition) is 2. The number of amides is 1. The summed E-state index contributed by atoms with van der Waals surface area (Å²) in [4.78, 5) is 11.2. The zero-order valence-electron chi connectivity index (χ0n) is 8.43. The number of carbonyl (C=O) groups excluding carboxylic acids is 1. The van der Waals surface area contributed by atoms with Crippen molar-refractivity contribution in [3.05, 3.63) is 27.7 Å². The highest BCUT2D eigenvalue weighted by molar-refractivity contribution is 6.40. The molecule has 1 amide bonds. The molecule has 0 heterocycles. The van der Waals surface area contributed by atoms with E-state index in [2.05, 4.69) is 5.32 Å². The number of benzene rings is 1. The molecule has 0 aliphatic rings. The first-order chi connectivity index (χ1) is 7.06. The quantitative estimate of drug-likeness (QED) is 0.862. The molecular formula is C10H11Cl2NO2. The van der Waals surface area contributed by atoms with E-state index in [9.17, 15) is 4.79 Å². The van der Waals surface area contributed by atoms with Crippen LogP contribution in [0, 0.1) is 6.92 Å². The van der Waals surface area contributed by atoms with Gasteiger partial charge in [-0.05, 0) is 25.5 Å². The van der Waals surface area contributed by atoms with E-state index in [4.69, 9.17) is 27.9 Å². The maximum Gasteiger partial charge on any atom is 0.411 e. The fourth-order valence-corrected chi connectivity index (χ4v) is 1.51. The lowest BCUT2D eigenvalue weighted by molar-refractivity contribution is 0.168. The number of nitrogens with one attached hydrogen (secondary N) is 1. The van der Waals surface area contributed by atoms with Crippen molar-refractivity contribution in [2.75, 3.05) is 11.9 Å². The van der Waals surface area contributed by atoms with Crippen molar-refractivity contribution >= 4 is 35.0 Å². The van der Waals surface area contributed by atoms with Crippen molar-refractivity contribution in [1.82, 2.24) is 0 Å². The highest BCUT2D eigenvalue weighted by atomic mass is 35.5. The normalized spacial score (nSPS) is 9.87. The predicted octanol–water partition coefficient (Wildman–Crippen LogP) is 3.87. The topological polar surface area (TPSA) is 38.3 Å². The summed E-state index contributed by atoms with van der Waals surface area (Å²) in [5.41, 5.74) is 1.23. The van der Waals surface area contributed by atoms with Gasteiger partial charge in [-0.2, -0.15) is 0 Å². The predicted molar refractivity (Wildman–Crippen MR) is 61.8 cm³/mol. The summed E-state index contributed by atoms with van der Waals surface area (Å²) < 4.78 is 4.73. The van der Waals surface area contributed by atoms with Crippen LogP contribution >= 0.6 is 23.2 Å². The molecule has 0 aliphatic carbocycles. The summed E-state index contributed by atoms with van der Waals surface area (Å²) in [6, 6.07) is 3.45. The summed E-state index contributed by atoms with van der Waals surface area (Å²) in [5.74, 6) is 0. The third-order valence-electron chi connectivity index (χ3n) is 1.79. The van der Waals surface area contributed by atoms with Crippen LogP contribution in [0.4, 0.5) is 10.5 Å². The molecule has 0 aromatic heterocycles. The lowest BCUT2D eigenvalue weighted by atomic mass is 10.2. The summed E-state index contributed by atoms with van der Waals surface area (Å²) in [6.45, 7) is 3.85. The Hall–Kier alpha value is -0.930. The van der Waals surface area contributed by atoms with E-state index in [1.165, 1.54) is 0 Å². The maximum atomic E-state index is 11.2. The maximum absolute atomic E-state index is 11.2. The Morgan fingerprint density at radius 1 is 1.47 bits per heavy atom. The molecule has 0 fully saturated rings. The molecule has 1 rings (SSSR count). The Bertz CT molecular complexity index is 380. The third kappa shape index (κ3) is 3.01. The van der Waals surface area contributed by atoms with Gasteiger partial charge >= 0.3 is 6.09 Å². The Balaban J connectivity index is 2.93. The molecule has 0 bridgehead atoms. The molecule has 0 aliphatic heterocycles. The smallest absolute Gasteiger partial charge is 0.411 e. The Morgan fingerprint density at radius 3 is 2.73 bits per heavy atom. The minimum atomic E-state index is -0.563. The first-order valence-electron chi connectivity index (χ1n) is 4.44. The van der Waals surface area contributed by atoms with Gasteiger partial charge in [0.2, 0.25) is 0 Å². The van der Waals surface area contributed by atoms with Crippen LogP contribution in [-0.2, 0) is 4.74 Å². The van der Waals surface area contributed by atoms with Crippen LogP contribution in [-0.4, -0.2) is 12.7 Å². The van der Waals surface area contributed by atoms with Crippen molar-refractivity contribution in [3.63, 3.8) is 0 Å². The van der Waals surface area contributed by atoms with Crippen LogP contribution < -0.4 is 5.32 Å². The van der Waals surface area contributed by atoms with Gasteiger partial charge in [-0.25, -0.2) is 4.79 Å². The highest BCUT2D eigenvalue weighted by Crippen LogP contribution is 2.32. The molecule has 0 spiro atoms. The zero-order chi connectivity index (χ0) is 11.4. The van der Waals surface area contributed by atoms with Crippen molar-refractivity contribution in [2.24, 2.45) is 0 Å².